The maximum Gasteiger partial charge on any atom is 0.120 e. The van der Waals surface area contributed by atoms with Gasteiger partial charge < -0.3 is 19.8 Å². The molecule has 0 bridgehead atoms. The third-order valence-corrected chi connectivity index (χ3v) is 6.70. The molecule has 170 valence electrons. The highest BCUT2D eigenvalue weighted by Crippen LogP contribution is 2.27. The number of aliphatic hydroxyl groups excluding tert-OH is 2. The Hall–Kier alpha value is -2.45. The van der Waals surface area contributed by atoms with E-state index in [4.69, 9.17) is 4.74 Å². The minimum absolute atomic E-state index is 0.135. The van der Waals surface area contributed by atoms with Gasteiger partial charge in [-0.2, -0.15) is 5.10 Å². The molecule has 0 amide bonds. The number of likely N-dealkylation sites (tertiary alicyclic amines) is 2. The molecule has 0 aliphatic carbocycles. The molecule has 2 fully saturated rings. The van der Waals surface area contributed by atoms with Gasteiger partial charge in [0.15, 0.2) is 0 Å². The van der Waals surface area contributed by atoms with Crippen molar-refractivity contribution in [3.63, 3.8) is 0 Å². The summed E-state index contributed by atoms with van der Waals surface area (Å²) in [7, 11) is 1.92. The third kappa shape index (κ3) is 4.81. The summed E-state index contributed by atoms with van der Waals surface area (Å²) < 4.78 is 7.74. The normalized spacial score (nSPS) is 19.8. The molecule has 2 aliphatic rings. The van der Waals surface area contributed by atoms with Crippen LogP contribution in [0, 0.1) is 0 Å². The lowest BCUT2D eigenvalue weighted by Gasteiger charge is -2.45. The predicted octanol–water partition coefficient (Wildman–Crippen LogP) is 2.12. The zero-order chi connectivity index (χ0) is 22.1. The molecule has 5 rings (SSSR count). The summed E-state index contributed by atoms with van der Waals surface area (Å²) in [6, 6.07) is 14.9. The Morgan fingerprint density at radius 1 is 1.06 bits per heavy atom. The van der Waals surface area contributed by atoms with Crippen molar-refractivity contribution < 1.29 is 14.9 Å². The van der Waals surface area contributed by atoms with E-state index in [0.29, 0.717) is 12.6 Å². The minimum Gasteiger partial charge on any atom is -0.491 e. The van der Waals surface area contributed by atoms with Gasteiger partial charge in [-0.05, 0) is 61.0 Å². The summed E-state index contributed by atoms with van der Waals surface area (Å²) in [5, 5.41) is 26.7. The lowest BCUT2D eigenvalue weighted by atomic mass is 9.98. The van der Waals surface area contributed by atoms with E-state index in [1.807, 2.05) is 31.4 Å². The average Bonchev–Trinajstić information content (AvgIpc) is 3.22. The number of rotatable bonds is 7. The van der Waals surface area contributed by atoms with Gasteiger partial charge in [-0.3, -0.25) is 9.58 Å². The molecule has 1 aromatic heterocycles. The number of hydrogen-bond donors (Lipinski definition) is 2. The fourth-order valence-electron chi connectivity index (χ4n) is 4.84. The van der Waals surface area contributed by atoms with Crippen LogP contribution in [0.2, 0.25) is 0 Å². The molecule has 2 N–H and O–H groups in total. The minimum atomic E-state index is -0.520. The van der Waals surface area contributed by atoms with Crippen molar-refractivity contribution in [2.24, 2.45) is 7.05 Å². The van der Waals surface area contributed by atoms with Crippen LogP contribution in [0.15, 0.2) is 48.7 Å². The highest BCUT2D eigenvalue weighted by Gasteiger charge is 2.33. The lowest BCUT2D eigenvalue weighted by molar-refractivity contribution is -0.0430. The number of aromatic nitrogens is 2. The number of benzene rings is 2. The zero-order valence-corrected chi connectivity index (χ0v) is 18.6. The van der Waals surface area contributed by atoms with Gasteiger partial charge >= 0.3 is 0 Å². The molecule has 3 heterocycles. The SMILES string of the molecule is Cn1ccc(-c2ccc3ccc(OCC(O)CN4CCC(N5CC(O)C5)CC4)cc3c2)n1. The maximum atomic E-state index is 10.5. The fraction of sp³-hybridized carbons (Fsp3) is 0.480. The maximum absolute atomic E-state index is 10.5. The molecule has 7 heteroatoms. The number of aliphatic hydroxyl groups is 2. The van der Waals surface area contributed by atoms with E-state index in [1.165, 1.54) is 0 Å². The Labute approximate surface area is 188 Å². The predicted molar refractivity (Wildman–Crippen MR) is 125 cm³/mol. The van der Waals surface area contributed by atoms with Crippen molar-refractivity contribution in [2.45, 2.75) is 31.1 Å². The second kappa shape index (κ2) is 9.19. The summed E-state index contributed by atoms with van der Waals surface area (Å²) in [5.41, 5.74) is 2.02. The Morgan fingerprint density at radius 2 is 1.84 bits per heavy atom. The monoisotopic (exact) mass is 436 g/mol. The third-order valence-electron chi connectivity index (χ3n) is 6.70. The van der Waals surface area contributed by atoms with E-state index in [-0.39, 0.29) is 12.7 Å². The number of nitrogens with zero attached hydrogens (tertiary/aromatic N) is 4. The smallest absolute Gasteiger partial charge is 0.120 e. The van der Waals surface area contributed by atoms with Gasteiger partial charge in [-0.1, -0.05) is 18.2 Å². The van der Waals surface area contributed by atoms with Crippen LogP contribution in [0.4, 0.5) is 0 Å². The van der Waals surface area contributed by atoms with E-state index in [1.54, 1.807) is 4.68 Å². The lowest BCUT2D eigenvalue weighted by Crippen LogP contribution is -2.58. The molecule has 2 aromatic carbocycles. The van der Waals surface area contributed by atoms with Gasteiger partial charge in [0.05, 0.1) is 11.8 Å². The van der Waals surface area contributed by atoms with Crippen LogP contribution in [0.25, 0.3) is 22.0 Å². The van der Waals surface area contributed by atoms with Gasteiger partial charge in [0.2, 0.25) is 0 Å². The molecule has 0 radical (unpaired) electrons. The number of piperidine rings is 1. The van der Waals surface area contributed by atoms with E-state index in [2.05, 4.69) is 39.2 Å². The van der Waals surface area contributed by atoms with Crippen LogP contribution in [-0.4, -0.2) is 87.4 Å². The molecular formula is C25H32N4O3. The molecule has 0 spiro atoms. The molecule has 1 atom stereocenters. The summed E-state index contributed by atoms with van der Waals surface area (Å²) >= 11 is 0. The van der Waals surface area contributed by atoms with Crippen LogP contribution >= 0.6 is 0 Å². The van der Waals surface area contributed by atoms with Crippen molar-refractivity contribution in [3.8, 4) is 17.0 Å². The Bertz CT molecular complexity index is 1050. The summed E-state index contributed by atoms with van der Waals surface area (Å²) in [6.45, 7) is 4.52. The van der Waals surface area contributed by atoms with Crippen LogP contribution in [0.1, 0.15) is 12.8 Å². The summed E-state index contributed by atoms with van der Waals surface area (Å²) in [5.74, 6) is 0.768. The van der Waals surface area contributed by atoms with Crippen molar-refractivity contribution in [1.29, 1.82) is 0 Å². The first-order valence-corrected chi connectivity index (χ1v) is 11.5. The Balaban J connectivity index is 1.13. The average molecular weight is 437 g/mol. The van der Waals surface area contributed by atoms with Crippen molar-refractivity contribution in [2.75, 3.05) is 39.3 Å². The molecule has 2 saturated heterocycles. The number of β-amino-alcohol motifs (C(OH)–C–C–N with tert-alkyl or cyclic N) is 2. The number of aryl methyl sites for hydroxylation is 1. The van der Waals surface area contributed by atoms with E-state index >= 15 is 0 Å². The van der Waals surface area contributed by atoms with Crippen LogP contribution < -0.4 is 4.74 Å². The van der Waals surface area contributed by atoms with Gasteiger partial charge in [-0.15, -0.1) is 0 Å². The van der Waals surface area contributed by atoms with Gasteiger partial charge in [-0.25, -0.2) is 0 Å². The van der Waals surface area contributed by atoms with Crippen molar-refractivity contribution >= 4 is 10.8 Å². The Morgan fingerprint density at radius 3 is 2.56 bits per heavy atom. The fourth-order valence-corrected chi connectivity index (χ4v) is 4.84. The second-order valence-electron chi connectivity index (χ2n) is 9.20. The quantitative estimate of drug-likeness (QED) is 0.591. The standard InChI is InChI=1S/C25H32N4O3/c1-27-9-8-25(26-27)19-3-2-18-4-5-24(13-20(18)12-19)32-17-23(31)14-28-10-6-21(7-11-28)29-15-22(30)16-29/h2-5,8-9,12-13,21-23,30-31H,6-7,10-11,14-17H2,1H3. The van der Waals surface area contributed by atoms with Crippen LogP contribution in [0.5, 0.6) is 5.75 Å². The largest absolute Gasteiger partial charge is 0.491 e. The molecule has 0 saturated carbocycles. The second-order valence-corrected chi connectivity index (χ2v) is 9.20. The molecule has 7 nitrogen and oxygen atoms in total. The van der Waals surface area contributed by atoms with E-state index in [0.717, 1.165) is 66.8 Å². The molecule has 32 heavy (non-hydrogen) atoms. The first kappa shape index (κ1) is 21.4. The molecule has 3 aromatic rings. The highest BCUT2D eigenvalue weighted by molar-refractivity contribution is 5.87. The number of ether oxygens (including phenoxy) is 1. The van der Waals surface area contributed by atoms with Crippen LogP contribution in [-0.2, 0) is 7.05 Å². The van der Waals surface area contributed by atoms with Crippen molar-refractivity contribution in [3.05, 3.63) is 48.7 Å². The van der Waals surface area contributed by atoms with Gasteiger partial charge in [0, 0.05) is 44.5 Å². The number of fused-ring (bicyclic) bond motifs is 1. The zero-order valence-electron chi connectivity index (χ0n) is 18.6. The number of hydrogen-bond acceptors (Lipinski definition) is 6. The Kier molecular flexibility index (Phi) is 6.15. The summed E-state index contributed by atoms with van der Waals surface area (Å²) in [6.07, 6.45) is 3.49. The van der Waals surface area contributed by atoms with Gasteiger partial charge in [0.25, 0.3) is 0 Å². The first-order valence-electron chi connectivity index (χ1n) is 11.5. The van der Waals surface area contributed by atoms with Gasteiger partial charge in [0.1, 0.15) is 18.5 Å². The summed E-state index contributed by atoms with van der Waals surface area (Å²) in [4.78, 5) is 4.70. The van der Waals surface area contributed by atoms with E-state index in [9.17, 15) is 10.2 Å². The molecule has 1 unspecified atom stereocenters. The van der Waals surface area contributed by atoms with Crippen molar-refractivity contribution in [1.82, 2.24) is 19.6 Å². The highest BCUT2D eigenvalue weighted by atomic mass is 16.5. The molecular weight excluding hydrogens is 404 g/mol. The topological polar surface area (TPSA) is 74.0 Å². The first-order chi connectivity index (χ1) is 15.5. The molecule has 2 aliphatic heterocycles. The van der Waals surface area contributed by atoms with E-state index < -0.39 is 6.10 Å². The van der Waals surface area contributed by atoms with Crippen LogP contribution in [0.3, 0.4) is 0 Å².